The predicted molar refractivity (Wildman–Crippen MR) is 120 cm³/mol. The van der Waals surface area contributed by atoms with Gasteiger partial charge >= 0.3 is 0 Å². The first-order valence-electron chi connectivity index (χ1n) is 10.5. The molecule has 1 aliphatic carbocycles. The van der Waals surface area contributed by atoms with E-state index in [1.807, 2.05) is 32.2 Å². The number of hydrogen-bond acceptors (Lipinski definition) is 5. The van der Waals surface area contributed by atoms with Crippen molar-refractivity contribution in [1.82, 2.24) is 19.5 Å². The molecule has 0 saturated heterocycles. The quantitative estimate of drug-likeness (QED) is 0.492. The molecule has 3 heterocycles. The number of benzene rings is 1. The van der Waals surface area contributed by atoms with Gasteiger partial charge in [0.15, 0.2) is 0 Å². The fraction of sp³-hybridized carbons (Fsp3) is 0.280. The van der Waals surface area contributed by atoms with Crippen LogP contribution in [-0.4, -0.2) is 26.1 Å². The van der Waals surface area contributed by atoms with Crippen molar-refractivity contribution in [3.8, 4) is 17.0 Å². The second kappa shape index (κ2) is 7.61. The van der Waals surface area contributed by atoms with Crippen LogP contribution in [0.15, 0.2) is 59.7 Å². The Hall–Kier alpha value is -3.54. The van der Waals surface area contributed by atoms with E-state index in [0.717, 1.165) is 39.7 Å². The molecule has 2 atom stereocenters. The molecule has 1 aromatic carbocycles. The standard InChI is InChI=1S/C25H24N4O2/c1-15-13-29(3)24(30)11-19(15)21-12-26-16(2)27-25(21)31-14-18-10-20(18)23-9-8-17-6-4-5-7-22(17)28-23/h4-9,11-13,18,20H,10,14H2,1-3H3/t18-,20+/m1/s1. The molecule has 5 rings (SSSR count). The first-order chi connectivity index (χ1) is 15.0. The Bertz CT molecular complexity index is 1350. The minimum Gasteiger partial charge on any atom is -0.477 e. The van der Waals surface area contributed by atoms with Crippen LogP contribution in [0.5, 0.6) is 5.88 Å². The molecule has 3 aromatic heterocycles. The lowest BCUT2D eigenvalue weighted by Crippen LogP contribution is -2.16. The molecule has 156 valence electrons. The van der Waals surface area contributed by atoms with Crippen LogP contribution in [0.2, 0.25) is 0 Å². The van der Waals surface area contributed by atoms with Crippen molar-refractivity contribution >= 4 is 10.9 Å². The fourth-order valence-corrected chi connectivity index (χ4v) is 4.07. The highest BCUT2D eigenvalue weighted by molar-refractivity contribution is 5.78. The fourth-order valence-electron chi connectivity index (χ4n) is 4.07. The largest absolute Gasteiger partial charge is 0.477 e. The Balaban J connectivity index is 1.36. The number of hydrogen-bond donors (Lipinski definition) is 0. The summed E-state index contributed by atoms with van der Waals surface area (Å²) in [6.07, 6.45) is 4.62. The van der Waals surface area contributed by atoms with E-state index in [-0.39, 0.29) is 5.56 Å². The average molecular weight is 412 g/mol. The van der Waals surface area contributed by atoms with Gasteiger partial charge in [-0.25, -0.2) is 4.98 Å². The van der Waals surface area contributed by atoms with Crippen LogP contribution in [0.3, 0.4) is 0 Å². The van der Waals surface area contributed by atoms with Crippen LogP contribution in [0.25, 0.3) is 22.0 Å². The van der Waals surface area contributed by atoms with Gasteiger partial charge in [-0.05, 0) is 43.5 Å². The molecule has 0 radical (unpaired) electrons. The van der Waals surface area contributed by atoms with Gasteiger partial charge in [0.25, 0.3) is 5.56 Å². The van der Waals surface area contributed by atoms with Crippen molar-refractivity contribution in [2.45, 2.75) is 26.2 Å². The van der Waals surface area contributed by atoms with Crippen molar-refractivity contribution in [2.75, 3.05) is 6.61 Å². The van der Waals surface area contributed by atoms with Crippen molar-refractivity contribution in [1.29, 1.82) is 0 Å². The van der Waals surface area contributed by atoms with Crippen LogP contribution in [0, 0.1) is 19.8 Å². The van der Waals surface area contributed by atoms with Crippen molar-refractivity contribution in [3.05, 3.63) is 82.3 Å². The molecule has 0 aliphatic heterocycles. The molecule has 6 nitrogen and oxygen atoms in total. The van der Waals surface area contributed by atoms with Crippen LogP contribution in [0.4, 0.5) is 0 Å². The number of ether oxygens (including phenoxy) is 1. The SMILES string of the molecule is Cc1ncc(-c2cc(=O)n(C)cc2C)c(OC[C@H]2C[C@@H]2c2ccc3ccccc3n2)n1. The normalized spacial score (nSPS) is 17.6. The van der Waals surface area contributed by atoms with Crippen LogP contribution >= 0.6 is 0 Å². The minimum atomic E-state index is -0.0724. The molecular formula is C25H24N4O2. The molecule has 1 saturated carbocycles. The summed E-state index contributed by atoms with van der Waals surface area (Å²) in [6.45, 7) is 4.37. The van der Waals surface area contributed by atoms with Gasteiger partial charge < -0.3 is 9.30 Å². The van der Waals surface area contributed by atoms with E-state index >= 15 is 0 Å². The van der Waals surface area contributed by atoms with Gasteiger partial charge in [0, 0.05) is 48.4 Å². The summed E-state index contributed by atoms with van der Waals surface area (Å²) >= 11 is 0. The van der Waals surface area contributed by atoms with Crippen LogP contribution in [-0.2, 0) is 7.05 Å². The molecule has 4 aromatic rings. The molecule has 1 aliphatic rings. The maximum atomic E-state index is 12.2. The molecule has 6 heteroatoms. The molecule has 1 fully saturated rings. The highest BCUT2D eigenvalue weighted by atomic mass is 16.5. The molecule has 0 bridgehead atoms. The Morgan fingerprint density at radius 2 is 1.94 bits per heavy atom. The zero-order chi connectivity index (χ0) is 21.5. The lowest BCUT2D eigenvalue weighted by Gasteiger charge is -2.13. The first kappa shape index (κ1) is 19.4. The van der Waals surface area contributed by atoms with Gasteiger partial charge in [0.1, 0.15) is 5.82 Å². The molecule has 0 N–H and O–H groups in total. The number of rotatable bonds is 5. The average Bonchev–Trinajstić information content (AvgIpc) is 3.55. The van der Waals surface area contributed by atoms with Crippen LogP contribution < -0.4 is 10.3 Å². The highest BCUT2D eigenvalue weighted by Crippen LogP contribution is 2.47. The van der Waals surface area contributed by atoms with Gasteiger partial charge in [-0.15, -0.1) is 0 Å². The summed E-state index contributed by atoms with van der Waals surface area (Å²) in [5.74, 6) is 1.98. The van der Waals surface area contributed by atoms with Crippen molar-refractivity contribution in [2.24, 2.45) is 13.0 Å². The Morgan fingerprint density at radius 1 is 1.10 bits per heavy atom. The lowest BCUT2D eigenvalue weighted by atomic mass is 10.1. The monoisotopic (exact) mass is 412 g/mol. The van der Waals surface area contributed by atoms with E-state index < -0.39 is 0 Å². The van der Waals surface area contributed by atoms with Crippen LogP contribution in [0.1, 0.15) is 29.4 Å². The van der Waals surface area contributed by atoms with E-state index in [1.54, 1.807) is 23.9 Å². The number of fused-ring (bicyclic) bond motifs is 1. The number of para-hydroxylation sites is 1. The number of aryl methyl sites for hydroxylation is 3. The maximum Gasteiger partial charge on any atom is 0.250 e. The summed E-state index contributed by atoms with van der Waals surface area (Å²) in [5.41, 5.74) is 4.61. The summed E-state index contributed by atoms with van der Waals surface area (Å²) in [6, 6.07) is 14.1. The molecule has 0 unspecified atom stereocenters. The number of pyridine rings is 2. The topological polar surface area (TPSA) is 69.9 Å². The Labute approximate surface area is 180 Å². The molecular weight excluding hydrogens is 388 g/mol. The number of aromatic nitrogens is 4. The van der Waals surface area contributed by atoms with Gasteiger partial charge in [0.05, 0.1) is 17.7 Å². The van der Waals surface area contributed by atoms with Crippen molar-refractivity contribution < 1.29 is 4.74 Å². The third-order valence-corrected chi connectivity index (χ3v) is 5.95. The second-order valence-electron chi connectivity index (χ2n) is 8.30. The number of nitrogens with zero attached hydrogens (tertiary/aromatic N) is 4. The zero-order valence-electron chi connectivity index (χ0n) is 17.9. The maximum absolute atomic E-state index is 12.2. The zero-order valence-corrected chi connectivity index (χ0v) is 17.9. The summed E-state index contributed by atoms with van der Waals surface area (Å²) in [5, 5.41) is 1.16. The highest BCUT2D eigenvalue weighted by Gasteiger charge is 2.40. The summed E-state index contributed by atoms with van der Waals surface area (Å²) < 4.78 is 7.74. The summed E-state index contributed by atoms with van der Waals surface area (Å²) in [4.78, 5) is 25.9. The lowest BCUT2D eigenvalue weighted by molar-refractivity contribution is 0.285. The Kier molecular flexibility index (Phi) is 4.77. The van der Waals surface area contributed by atoms with Gasteiger partial charge in [-0.3, -0.25) is 9.78 Å². The predicted octanol–water partition coefficient (Wildman–Crippen LogP) is 4.19. The minimum absolute atomic E-state index is 0.0724. The van der Waals surface area contributed by atoms with Gasteiger partial charge in [-0.1, -0.05) is 24.3 Å². The Morgan fingerprint density at radius 3 is 2.81 bits per heavy atom. The van der Waals surface area contributed by atoms with Gasteiger partial charge in [-0.2, -0.15) is 4.98 Å². The smallest absolute Gasteiger partial charge is 0.250 e. The second-order valence-corrected chi connectivity index (χ2v) is 8.30. The first-order valence-corrected chi connectivity index (χ1v) is 10.5. The third kappa shape index (κ3) is 3.81. The molecule has 0 amide bonds. The van der Waals surface area contributed by atoms with Gasteiger partial charge in [0.2, 0.25) is 5.88 Å². The van der Waals surface area contributed by atoms with E-state index in [4.69, 9.17) is 9.72 Å². The molecule has 31 heavy (non-hydrogen) atoms. The van der Waals surface area contributed by atoms with Crippen molar-refractivity contribution in [3.63, 3.8) is 0 Å². The molecule has 0 spiro atoms. The van der Waals surface area contributed by atoms with E-state index in [2.05, 4.69) is 34.2 Å². The van der Waals surface area contributed by atoms with E-state index in [0.29, 0.717) is 30.1 Å². The van der Waals surface area contributed by atoms with E-state index in [1.165, 1.54) is 0 Å². The van der Waals surface area contributed by atoms with E-state index in [9.17, 15) is 4.79 Å². The summed E-state index contributed by atoms with van der Waals surface area (Å²) in [7, 11) is 1.75. The third-order valence-electron chi connectivity index (χ3n) is 5.95.